The third-order valence-corrected chi connectivity index (χ3v) is 2.62. The lowest BCUT2D eigenvalue weighted by atomic mass is 10.1. The van der Waals surface area contributed by atoms with Crippen molar-refractivity contribution in [3.63, 3.8) is 0 Å². The van der Waals surface area contributed by atoms with Crippen molar-refractivity contribution in [1.29, 1.82) is 0 Å². The number of aryl methyl sites for hydroxylation is 1. The van der Waals surface area contributed by atoms with E-state index in [4.69, 9.17) is 4.42 Å². The Labute approximate surface area is 120 Å². The number of carbonyl (C=O) groups is 2. The summed E-state index contributed by atoms with van der Waals surface area (Å²) in [7, 11) is 0. The van der Waals surface area contributed by atoms with Gasteiger partial charge in [0, 0.05) is 6.92 Å². The van der Waals surface area contributed by atoms with E-state index in [1.165, 1.54) is 0 Å². The highest BCUT2D eigenvalue weighted by molar-refractivity contribution is 5.90. The number of carboxylic acid groups (broad SMARTS) is 1. The van der Waals surface area contributed by atoms with E-state index in [2.05, 4.69) is 20.8 Å². The van der Waals surface area contributed by atoms with E-state index in [-0.39, 0.29) is 12.6 Å². The van der Waals surface area contributed by atoms with Crippen molar-refractivity contribution in [3.05, 3.63) is 41.8 Å². The molecule has 2 aromatic rings. The van der Waals surface area contributed by atoms with Crippen LogP contribution in [0.25, 0.3) is 0 Å². The minimum Gasteiger partial charge on any atom is -0.480 e. The van der Waals surface area contributed by atoms with E-state index >= 15 is 0 Å². The zero-order valence-electron chi connectivity index (χ0n) is 11.2. The quantitative estimate of drug-likeness (QED) is 0.717. The van der Waals surface area contributed by atoms with Gasteiger partial charge >= 0.3 is 12.0 Å². The van der Waals surface area contributed by atoms with Crippen LogP contribution in [0.2, 0.25) is 0 Å². The van der Waals surface area contributed by atoms with E-state index in [9.17, 15) is 14.7 Å². The Morgan fingerprint density at radius 3 is 2.57 bits per heavy atom. The number of anilines is 1. The molecule has 0 fully saturated rings. The smallest absolute Gasteiger partial charge is 0.325 e. The van der Waals surface area contributed by atoms with Crippen LogP contribution in [-0.4, -0.2) is 33.7 Å². The fourth-order valence-corrected chi connectivity index (χ4v) is 1.70. The molecule has 1 atom stereocenters. The van der Waals surface area contributed by atoms with Crippen molar-refractivity contribution in [1.82, 2.24) is 15.5 Å². The van der Waals surface area contributed by atoms with Gasteiger partial charge in [-0.15, -0.1) is 5.10 Å². The first-order chi connectivity index (χ1) is 10.1. The second-order valence-electron chi connectivity index (χ2n) is 4.24. The van der Waals surface area contributed by atoms with Crippen molar-refractivity contribution >= 4 is 17.9 Å². The van der Waals surface area contributed by atoms with Crippen LogP contribution in [0.3, 0.4) is 0 Å². The van der Waals surface area contributed by atoms with Gasteiger partial charge in [-0.1, -0.05) is 35.4 Å². The summed E-state index contributed by atoms with van der Waals surface area (Å²) in [5.74, 6) is -1.21. The third kappa shape index (κ3) is 4.11. The molecule has 0 saturated heterocycles. The number of carbonyl (C=O) groups excluding carboxylic acids is 1. The molecule has 0 saturated carbocycles. The second-order valence-corrected chi connectivity index (χ2v) is 4.24. The summed E-state index contributed by atoms with van der Waals surface area (Å²) in [6.07, 6.45) is 0. The maximum Gasteiger partial charge on any atom is 0.325 e. The number of nitrogens with one attached hydrogen (secondary N) is 2. The molecule has 1 aromatic carbocycles. The largest absolute Gasteiger partial charge is 0.480 e. The zero-order valence-corrected chi connectivity index (χ0v) is 11.2. The highest BCUT2D eigenvalue weighted by Crippen LogP contribution is 2.12. The van der Waals surface area contributed by atoms with Gasteiger partial charge in [0.2, 0.25) is 11.8 Å². The summed E-state index contributed by atoms with van der Waals surface area (Å²) >= 11 is 0. The van der Waals surface area contributed by atoms with Gasteiger partial charge in [-0.25, -0.2) is 0 Å². The average Bonchev–Trinajstić information content (AvgIpc) is 2.85. The normalized spacial score (nSPS) is 11.9. The Bertz CT molecular complexity index is 626. The molecule has 0 radical (unpaired) electrons. The molecule has 1 aromatic heterocycles. The first kappa shape index (κ1) is 14.7. The number of nitrogens with zero attached hydrogens (tertiary/aromatic N) is 2. The predicted molar refractivity (Wildman–Crippen MR) is 72.5 cm³/mol. The monoisotopic (exact) mass is 290 g/mol. The van der Waals surface area contributed by atoms with Gasteiger partial charge in [-0.05, 0) is 5.56 Å². The summed E-state index contributed by atoms with van der Waals surface area (Å²) in [5, 5.41) is 21.4. The van der Waals surface area contributed by atoms with Gasteiger partial charge in [-0.3, -0.25) is 20.2 Å². The van der Waals surface area contributed by atoms with Crippen LogP contribution in [0, 0.1) is 6.92 Å². The van der Waals surface area contributed by atoms with Crippen LogP contribution in [0.4, 0.5) is 6.01 Å². The molecule has 0 aliphatic carbocycles. The molecule has 0 bridgehead atoms. The fourth-order valence-electron chi connectivity index (χ4n) is 1.70. The molecule has 1 heterocycles. The SMILES string of the molecule is Cc1nnc(NC(=O)CNC(C(=O)O)c2ccccc2)o1. The maximum absolute atomic E-state index is 11.7. The van der Waals surface area contributed by atoms with Crippen molar-refractivity contribution in [2.75, 3.05) is 11.9 Å². The first-order valence-corrected chi connectivity index (χ1v) is 6.17. The van der Waals surface area contributed by atoms with Gasteiger partial charge in [0.1, 0.15) is 6.04 Å². The number of aliphatic carboxylic acids is 1. The number of benzene rings is 1. The highest BCUT2D eigenvalue weighted by atomic mass is 16.4. The minimum absolute atomic E-state index is 0.0223. The minimum atomic E-state index is -1.07. The van der Waals surface area contributed by atoms with E-state index in [0.717, 1.165) is 0 Å². The Kier molecular flexibility index (Phi) is 4.62. The fraction of sp³-hybridized carbons (Fsp3) is 0.231. The number of amides is 1. The Balaban J connectivity index is 1.93. The van der Waals surface area contributed by atoms with Crippen LogP contribution in [-0.2, 0) is 9.59 Å². The van der Waals surface area contributed by atoms with Crippen molar-refractivity contribution < 1.29 is 19.1 Å². The van der Waals surface area contributed by atoms with E-state index < -0.39 is 17.9 Å². The number of hydrogen-bond acceptors (Lipinski definition) is 6. The molecule has 110 valence electrons. The lowest BCUT2D eigenvalue weighted by Gasteiger charge is -2.14. The molecule has 0 spiro atoms. The molecular formula is C13H14N4O4. The van der Waals surface area contributed by atoms with E-state index in [1.54, 1.807) is 37.3 Å². The van der Waals surface area contributed by atoms with Gasteiger partial charge in [0.25, 0.3) is 0 Å². The van der Waals surface area contributed by atoms with Crippen molar-refractivity contribution in [3.8, 4) is 0 Å². The van der Waals surface area contributed by atoms with Gasteiger partial charge < -0.3 is 9.52 Å². The summed E-state index contributed by atoms with van der Waals surface area (Å²) < 4.78 is 4.99. The molecule has 0 aliphatic heterocycles. The molecule has 3 N–H and O–H groups in total. The Morgan fingerprint density at radius 2 is 2.00 bits per heavy atom. The molecule has 1 unspecified atom stereocenters. The molecule has 0 aliphatic rings. The lowest BCUT2D eigenvalue weighted by molar-refractivity contribution is -0.139. The molecule has 2 rings (SSSR count). The van der Waals surface area contributed by atoms with E-state index in [0.29, 0.717) is 11.5 Å². The standard InChI is InChI=1S/C13H14N4O4/c1-8-16-17-13(21-8)15-10(18)7-14-11(12(19)20)9-5-3-2-4-6-9/h2-6,11,14H,7H2,1H3,(H,19,20)(H,15,17,18). The van der Waals surface area contributed by atoms with Gasteiger partial charge in [0.05, 0.1) is 6.54 Å². The Hall–Kier alpha value is -2.74. The highest BCUT2D eigenvalue weighted by Gasteiger charge is 2.20. The van der Waals surface area contributed by atoms with Crippen molar-refractivity contribution in [2.24, 2.45) is 0 Å². The summed E-state index contributed by atoms with van der Waals surface area (Å²) in [5.41, 5.74) is 0.562. The third-order valence-electron chi connectivity index (χ3n) is 2.62. The molecular weight excluding hydrogens is 276 g/mol. The first-order valence-electron chi connectivity index (χ1n) is 6.17. The predicted octanol–water partition coefficient (Wildman–Crippen LogP) is 0.732. The average molecular weight is 290 g/mol. The Morgan fingerprint density at radius 1 is 1.29 bits per heavy atom. The van der Waals surface area contributed by atoms with Crippen LogP contribution in [0.15, 0.2) is 34.7 Å². The van der Waals surface area contributed by atoms with Gasteiger partial charge in [0.15, 0.2) is 0 Å². The number of aromatic nitrogens is 2. The van der Waals surface area contributed by atoms with Crippen molar-refractivity contribution in [2.45, 2.75) is 13.0 Å². The number of hydrogen-bond donors (Lipinski definition) is 3. The summed E-state index contributed by atoms with van der Waals surface area (Å²) in [6, 6.07) is 7.60. The second kappa shape index (κ2) is 6.62. The number of rotatable bonds is 6. The maximum atomic E-state index is 11.7. The molecule has 21 heavy (non-hydrogen) atoms. The zero-order chi connectivity index (χ0) is 15.2. The lowest BCUT2D eigenvalue weighted by Crippen LogP contribution is -2.35. The van der Waals surface area contributed by atoms with Gasteiger partial charge in [-0.2, -0.15) is 0 Å². The van der Waals surface area contributed by atoms with Crippen LogP contribution in [0.5, 0.6) is 0 Å². The van der Waals surface area contributed by atoms with E-state index in [1.807, 2.05) is 0 Å². The topological polar surface area (TPSA) is 117 Å². The molecule has 1 amide bonds. The summed E-state index contributed by atoms with van der Waals surface area (Å²) in [4.78, 5) is 22.9. The number of carboxylic acids is 1. The van der Waals surface area contributed by atoms with Crippen LogP contribution < -0.4 is 10.6 Å². The van der Waals surface area contributed by atoms with Crippen LogP contribution in [0.1, 0.15) is 17.5 Å². The summed E-state index contributed by atoms with van der Waals surface area (Å²) in [6.45, 7) is 1.39. The van der Waals surface area contributed by atoms with Crippen LogP contribution >= 0.6 is 0 Å². The molecule has 8 heteroatoms. The molecule has 8 nitrogen and oxygen atoms in total.